The highest BCUT2D eigenvalue weighted by Crippen LogP contribution is 2.20. The molecule has 0 unspecified atom stereocenters. The number of rotatable bonds is 2. The van der Waals surface area contributed by atoms with Crippen molar-refractivity contribution in [1.29, 1.82) is 5.26 Å². The normalized spacial score (nSPS) is 10.2. The number of nitriles is 1. The first-order chi connectivity index (χ1) is 8.17. The van der Waals surface area contributed by atoms with Crippen molar-refractivity contribution in [3.05, 3.63) is 40.2 Å². The number of benzene rings is 1. The Morgan fingerprint density at radius 3 is 2.82 bits per heavy atom. The summed E-state index contributed by atoms with van der Waals surface area (Å²) in [5, 5.41) is 9.58. The fourth-order valence-electron chi connectivity index (χ4n) is 1.87. The fourth-order valence-corrected chi connectivity index (χ4v) is 1.87. The number of hydrogen-bond donors (Lipinski definition) is 0. The van der Waals surface area contributed by atoms with Gasteiger partial charge in [0.25, 0.3) is 5.56 Å². The van der Waals surface area contributed by atoms with Crippen LogP contribution in [-0.4, -0.2) is 11.7 Å². The molecule has 0 saturated carbocycles. The summed E-state index contributed by atoms with van der Waals surface area (Å²) in [6.45, 7) is 0. The zero-order chi connectivity index (χ0) is 12.4. The molecule has 4 heteroatoms. The van der Waals surface area contributed by atoms with Crippen molar-refractivity contribution in [2.45, 2.75) is 6.42 Å². The van der Waals surface area contributed by atoms with Crippen molar-refractivity contribution in [2.75, 3.05) is 7.11 Å². The largest absolute Gasteiger partial charge is 0.497 e. The molecule has 86 valence electrons. The van der Waals surface area contributed by atoms with E-state index in [1.54, 1.807) is 24.8 Å². The Balaban J connectivity index is 2.78. The van der Waals surface area contributed by atoms with Gasteiger partial charge in [0.05, 0.1) is 25.1 Å². The minimum Gasteiger partial charge on any atom is -0.497 e. The van der Waals surface area contributed by atoms with E-state index in [1.165, 1.54) is 0 Å². The average Bonchev–Trinajstić information content (AvgIpc) is 2.35. The molecule has 2 rings (SSSR count). The molecule has 17 heavy (non-hydrogen) atoms. The van der Waals surface area contributed by atoms with Gasteiger partial charge in [0, 0.05) is 18.0 Å². The Hall–Kier alpha value is -2.28. The quantitative estimate of drug-likeness (QED) is 0.784. The summed E-state index contributed by atoms with van der Waals surface area (Å²) in [6.07, 6.45) is 0.125. The van der Waals surface area contributed by atoms with Crippen molar-refractivity contribution in [2.24, 2.45) is 7.05 Å². The highest BCUT2D eigenvalue weighted by Gasteiger charge is 2.07. The smallest absolute Gasteiger partial charge is 0.255 e. The maximum atomic E-state index is 11.9. The second kappa shape index (κ2) is 4.30. The van der Waals surface area contributed by atoms with Crippen LogP contribution in [0.4, 0.5) is 0 Å². The predicted molar refractivity (Wildman–Crippen MR) is 65.1 cm³/mol. The molecule has 0 bridgehead atoms. The third-order valence-electron chi connectivity index (χ3n) is 2.77. The molecule has 2 aromatic rings. The molecular weight excluding hydrogens is 216 g/mol. The minimum absolute atomic E-state index is 0.121. The molecule has 0 amide bonds. The van der Waals surface area contributed by atoms with Gasteiger partial charge < -0.3 is 9.30 Å². The van der Waals surface area contributed by atoms with Crippen molar-refractivity contribution in [3.8, 4) is 11.8 Å². The van der Waals surface area contributed by atoms with Gasteiger partial charge >= 0.3 is 0 Å². The Kier molecular flexibility index (Phi) is 2.84. The van der Waals surface area contributed by atoms with Crippen molar-refractivity contribution >= 4 is 10.9 Å². The summed E-state index contributed by atoms with van der Waals surface area (Å²) < 4.78 is 6.70. The zero-order valence-corrected chi connectivity index (χ0v) is 9.73. The highest BCUT2D eigenvalue weighted by atomic mass is 16.5. The second-order valence-corrected chi connectivity index (χ2v) is 3.79. The van der Waals surface area contributed by atoms with E-state index in [9.17, 15) is 4.79 Å². The molecule has 4 nitrogen and oxygen atoms in total. The molecule has 0 radical (unpaired) electrons. The first kappa shape index (κ1) is 11.2. The molecule has 0 aliphatic rings. The topological polar surface area (TPSA) is 55.0 Å². The maximum absolute atomic E-state index is 11.9. The lowest BCUT2D eigenvalue weighted by atomic mass is 10.1. The number of hydrogen-bond acceptors (Lipinski definition) is 3. The molecule has 1 heterocycles. The maximum Gasteiger partial charge on any atom is 0.255 e. The van der Waals surface area contributed by atoms with E-state index in [1.807, 2.05) is 24.3 Å². The second-order valence-electron chi connectivity index (χ2n) is 3.79. The van der Waals surface area contributed by atoms with Crippen LogP contribution in [0.3, 0.4) is 0 Å². The number of fused-ring (bicyclic) bond motifs is 1. The summed E-state index contributed by atoms with van der Waals surface area (Å²) in [6, 6.07) is 9.26. The van der Waals surface area contributed by atoms with Gasteiger partial charge in [-0.25, -0.2) is 0 Å². The highest BCUT2D eigenvalue weighted by molar-refractivity contribution is 5.81. The Labute approximate surface area is 98.7 Å². The first-order valence-electron chi connectivity index (χ1n) is 5.21. The molecule has 0 fully saturated rings. The van der Waals surface area contributed by atoms with Crippen LogP contribution < -0.4 is 10.3 Å². The van der Waals surface area contributed by atoms with Crippen LogP contribution in [0.2, 0.25) is 0 Å². The van der Waals surface area contributed by atoms with Crippen molar-refractivity contribution in [1.82, 2.24) is 4.57 Å². The van der Waals surface area contributed by atoms with E-state index in [2.05, 4.69) is 0 Å². The van der Waals surface area contributed by atoms with E-state index in [0.29, 0.717) is 5.56 Å². The number of aryl methyl sites for hydroxylation is 1. The van der Waals surface area contributed by atoms with E-state index < -0.39 is 0 Å². The van der Waals surface area contributed by atoms with Gasteiger partial charge in [-0.3, -0.25) is 4.79 Å². The van der Waals surface area contributed by atoms with E-state index >= 15 is 0 Å². The summed E-state index contributed by atoms with van der Waals surface area (Å²) in [7, 11) is 3.30. The molecule has 1 aromatic heterocycles. The van der Waals surface area contributed by atoms with Gasteiger partial charge in [0.1, 0.15) is 5.75 Å². The Morgan fingerprint density at radius 2 is 2.18 bits per heavy atom. The van der Waals surface area contributed by atoms with Crippen molar-refractivity contribution in [3.63, 3.8) is 0 Å². The summed E-state index contributed by atoms with van der Waals surface area (Å²) in [4.78, 5) is 11.9. The van der Waals surface area contributed by atoms with Crippen LogP contribution in [0.25, 0.3) is 10.9 Å². The van der Waals surface area contributed by atoms with E-state index in [4.69, 9.17) is 10.00 Å². The fraction of sp³-hybridized carbons (Fsp3) is 0.231. The molecule has 0 spiro atoms. The number of methoxy groups -OCH3 is 1. The Bertz CT molecular complexity index is 665. The van der Waals surface area contributed by atoms with Crippen molar-refractivity contribution < 1.29 is 4.74 Å². The number of aromatic nitrogens is 1. The minimum atomic E-state index is -0.121. The summed E-state index contributed by atoms with van der Waals surface area (Å²) in [5.74, 6) is 0.735. The molecule has 0 aliphatic carbocycles. The lowest BCUT2D eigenvalue weighted by Crippen LogP contribution is -2.20. The van der Waals surface area contributed by atoms with Crippen LogP contribution in [0.15, 0.2) is 29.1 Å². The van der Waals surface area contributed by atoms with Crippen LogP contribution >= 0.6 is 0 Å². The summed E-state index contributed by atoms with van der Waals surface area (Å²) in [5.41, 5.74) is 1.22. The van der Waals surface area contributed by atoms with Gasteiger partial charge in [-0.05, 0) is 24.3 Å². The number of pyridine rings is 1. The third-order valence-corrected chi connectivity index (χ3v) is 2.77. The Morgan fingerprint density at radius 1 is 1.41 bits per heavy atom. The van der Waals surface area contributed by atoms with Gasteiger partial charge in [0.15, 0.2) is 0 Å². The molecular formula is C13H12N2O2. The number of ether oxygens (including phenoxy) is 1. The van der Waals surface area contributed by atoms with Gasteiger partial charge in [0.2, 0.25) is 0 Å². The molecule has 0 aliphatic heterocycles. The van der Waals surface area contributed by atoms with Crippen LogP contribution in [0, 0.1) is 11.3 Å². The average molecular weight is 228 g/mol. The molecule has 0 saturated heterocycles. The number of nitrogens with zero attached hydrogens (tertiary/aromatic N) is 2. The first-order valence-corrected chi connectivity index (χ1v) is 5.21. The molecule has 0 N–H and O–H groups in total. The van der Waals surface area contributed by atoms with Crippen LogP contribution in [0.1, 0.15) is 5.56 Å². The van der Waals surface area contributed by atoms with E-state index in [-0.39, 0.29) is 12.0 Å². The monoisotopic (exact) mass is 228 g/mol. The van der Waals surface area contributed by atoms with E-state index in [0.717, 1.165) is 16.7 Å². The lowest BCUT2D eigenvalue weighted by molar-refractivity contribution is 0.415. The van der Waals surface area contributed by atoms with Gasteiger partial charge in [-0.15, -0.1) is 0 Å². The third kappa shape index (κ3) is 1.87. The standard InChI is InChI=1S/C13H12N2O2/c1-15-12-4-3-11(17-2)8-10(12)7-9(5-6-14)13(15)16/h3-4,7-8H,5H2,1-2H3. The molecule has 0 atom stereocenters. The van der Waals surface area contributed by atoms with Gasteiger partial charge in [-0.1, -0.05) is 0 Å². The lowest BCUT2D eigenvalue weighted by Gasteiger charge is -2.08. The van der Waals surface area contributed by atoms with Crippen LogP contribution in [-0.2, 0) is 13.5 Å². The summed E-state index contributed by atoms with van der Waals surface area (Å²) >= 11 is 0. The SMILES string of the molecule is COc1ccc2c(c1)cc(CC#N)c(=O)n2C. The van der Waals surface area contributed by atoms with Crippen LogP contribution in [0.5, 0.6) is 5.75 Å². The molecule has 1 aromatic carbocycles. The zero-order valence-electron chi connectivity index (χ0n) is 9.73. The predicted octanol–water partition coefficient (Wildman–Crippen LogP) is 1.61. The van der Waals surface area contributed by atoms with Gasteiger partial charge in [-0.2, -0.15) is 5.26 Å².